The van der Waals surface area contributed by atoms with Crippen molar-refractivity contribution in [2.24, 2.45) is 15.7 Å². The van der Waals surface area contributed by atoms with Gasteiger partial charge in [0.25, 0.3) is 5.97 Å². The van der Waals surface area contributed by atoms with Crippen molar-refractivity contribution in [3.63, 3.8) is 0 Å². The maximum absolute atomic E-state index is 12.2. The van der Waals surface area contributed by atoms with Crippen molar-refractivity contribution < 1.29 is 22.5 Å². The molecule has 2 aliphatic heterocycles. The number of benzene rings is 3. The van der Waals surface area contributed by atoms with Crippen molar-refractivity contribution in [2.75, 3.05) is 18.8 Å². The van der Waals surface area contributed by atoms with E-state index in [2.05, 4.69) is 0 Å². The Hall–Kier alpha value is -3.60. The van der Waals surface area contributed by atoms with E-state index >= 15 is 0 Å². The van der Waals surface area contributed by atoms with Crippen molar-refractivity contribution in [2.45, 2.75) is 32.2 Å². The molecule has 0 radical (unpaired) electrons. The molecule has 41 heavy (non-hydrogen) atoms. The van der Waals surface area contributed by atoms with Crippen LogP contribution in [-0.4, -0.2) is 55.0 Å². The first-order valence-corrected chi connectivity index (χ1v) is 15.3. The summed E-state index contributed by atoms with van der Waals surface area (Å²) in [7, 11) is -3.66. The van der Waals surface area contributed by atoms with Crippen molar-refractivity contribution in [3.05, 3.63) is 87.9 Å². The number of guanidine groups is 1. The van der Waals surface area contributed by atoms with E-state index in [1.54, 1.807) is 25.1 Å². The van der Waals surface area contributed by atoms with Gasteiger partial charge < -0.3 is 15.0 Å². The second-order valence-electron chi connectivity index (χ2n) is 9.52. The zero-order chi connectivity index (χ0) is 29.8. The Bertz CT molecular complexity index is 1590. The fraction of sp³-hybridized carbons (Fsp3) is 0.276. The van der Waals surface area contributed by atoms with E-state index in [9.17, 15) is 8.42 Å². The second-order valence-corrected chi connectivity index (χ2v) is 12.1. The van der Waals surface area contributed by atoms with Gasteiger partial charge in [-0.1, -0.05) is 60.5 Å². The molecule has 0 amide bonds. The van der Waals surface area contributed by atoms with Crippen LogP contribution in [0.15, 0.2) is 76.7 Å². The van der Waals surface area contributed by atoms with Crippen LogP contribution < -0.4 is 9.92 Å². The van der Waals surface area contributed by atoms with Crippen molar-refractivity contribution in [1.82, 2.24) is 4.90 Å². The van der Waals surface area contributed by atoms with Gasteiger partial charge in [-0.15, -0.1) is 0 Å². The predicted molar refractivity (Wildman–Crippen MR) is 162 cm³/mol. The van der Waals surface area contributed by atoms with E-state index in [0.717, 1.165) is 48.0 Å². The molecule has 0 fully saturated rings. The fourth-order valence-electron chi connectivity index (χ4n) is 4.81. The van der Waals surface area contributed by atoms with Crippen LogP contribution in [-0.2, 0) is 20.5 Å². The van der Waals surface area contributed by atoms with Gasteiger partial charge in [0.2, 0.25) is 0 Å². The average Bonchev–Trinajstić information content (AvgIpc) is 3.21. The fourth-order valence-corrected chi connectivity index (χ4v) is 6.32. The molecule has 3 aromatic rings. The van der Waals surface area contributed by atoms with Crippen molar-refractivity contribution >= 4 is 51.1 Å². The number of carboxylic acid groups (broad SMARTS) is 1. The molecule has 1 unspecified atom stereocenters. The molecule has 0 bridgehead atoms. The monoisotopic (exact) mass is 616 g/mol. The number of rotatable bonds is 7. The van der Waals surface area contributed by atoms with Crippen LogP contribution in [0, 0.1) is 0 Å². The van der Waals surface area contributed by atoms with Crippen LogP contribution in [0.4, 0.5) is 0 Å². The Labute approximate surface area is 249 Å². The standard InChI is InChI=1S/C27H26Cl2N4O3S.C2H4O2/c1-2-13-37(34,35)36-24-9-7-20(8-10-24)27(25-31-11-4-12-33(25)26(30)32-27)21-6-3-5-18(14-21)19-15-22(28)17-23(29)16-19;1-2(3)4/h3,5-10,14-17H,2,4,11-13H2,1H3,(H2,30,32);1H3,(H,3,4). The van der Waals surface area contributed by atoms with E-state index < -0.39 is 21.6 Å². The highest BCUT2D eigenvalue weighted by atomic mass is 35.5. The highest BCUT2D eigenvalue weighted by Gasteiger charge is 2.49. The molecular formula is C29H30Cl2N4O5S. The molecule has 0 saturated heterocycles. The summed E-state index contributed by atoms with van der Waals surface area (Å²) in [5.41, 5.74) is 8.86. The van der Waals surface area contributed by atoms with Gasteiger partial charge in [0.15, 0.2) is 11.5 Å². The van der Waals surface area contributed by atoms with Gasteiger partial charge >= 0.3 is 10.1 Å². The summed E-state index contributed by atoms with van der Waals surface area (Å²) in [6, 6.07) is 20.3. The number of aliphatic carboxylic acids is 1. The molecule has 0 aromatic heterocycles. The third-order valence-electron chi connectivity index (χ3n) is 6.37. The first kappa shape index (κ1) is 30.4. The van der Waals surface area contributed by atoms with E-state index in [0.29, 0.717) is 29.0 Å². The molecule has 3 N–H and O–H groups in total. The smallest absolute Gasteiger partial charge is 0.309 e. The van der Waals surface area contributed by atoms with Gasteiger partial charge in [0, 0.05) is 30.1 Å². The third kappa shape index (κ3) is 6.83. The van der Waals surface area contributed by atoms with Gasteiger partial charge in [-0.3, -0.25) is 14.7 Å². The zero-order valence-electron chi connectivity index (χ0n) is 22.5. The molecule has 9 nitrogen and oxygen atoms in total. The largest absolute Gasteiger partial charge is 0.481 e. The minimum Gasteiger partial charge on any atom is -0.481 e. The van der Waals surface area contributed by atoms with E-state index in [-0.39, 0.29) is 11.5 Å². The summed E-state index contributed by atoms with van der Waals surface area (Å²) >= 11 is 12.6. The van der Waals surface area contributed by atoms with Crippen LogP contribution in [0.5, 0.6) is 5.75 Å². The molecular weight excluding hydrogens is 587 g/mol. The molecule has 0 aliphatic carbocycles. The number of fused-ring (bicyclic) bond motifs is 1. The van der Waals surface area contributed by atoms with Crippen molar-refractivity contribution in [3.8, 4) is 16.9 Å². The summed E-state index contributed by atoms with van der Waals surface area (Å²) in [6.07, 6.45) is 1.35. The maximum atomic E-state index is 12.2. The number of carboxylic acids is 1. The quantitative estimate of drug-likeness (QED) is 0.332. The molecule has 5 rings (SSSR count). The number of aliphatic imine (C=N–C) groups is 2. The molecule has 2 heterocycles. The minimum atomic E-state index is -3.66. The average molecular weight is 618 g/mol. The van der Waals surface area contributed by atoms with Gasteiger partial charge in [-0.2, -0.15) is 8.42 Å². The molecule has 216 valence electrons. The van der Waals surface area contributed by atoms with Gasteiger partial charge in [0.05, 0.1) is 5.75 Å². The Kier molecular flexibility index (Phi) is 9.26. The topological polar surface area (TPSA) is 135 Å². The second kappa shape index (κ2) is 12.5. The van der Waals surface area contributed by atoms with E-state index in [4.69, 9.17) is 53.0 Å². The minimum absolute atomic E-state index is 0.0500. The number of nitrogens with two attached hydrogens (primary N) is 1. The number of halogens is 2. The first-order chi connectivity index (χ1) is 19.4. The number of hydrogen-bond donors (Lipinski definition) is 2. The highest BCUT2D eigenvalue weighted by Crippen LogP contribution is 2.43. The van der Waals surface area contributed by atoms with Gasteiger partial charge in [0.1, 0.15) is 11.6 Å². The lowest BCUT2D eigenvalue weighted by atomic mass is 9.81. The zero-order valence-corrected chi connectivity index (χ0v) is 24.9. The summed E-state index contributed by atoms with van der Waals surface area (Å²) < 4.78 is 29.6. The lowest BCUT2D eigenvalue weighted by Gasteiger charge is -2.33. The van der Waals surface area contributed by atoms with Gasteiger partial charge in [-0.25, -0.2) is 4.99 Å². The Morgan fingerprint density at radius 3 is 2.34 bits per heavy atom. The summed E-state index contributed by atoms with van der Waals surface area (Å²) in [4.78, 5) is 20.8. The Morgan fingerprint density at radius 2 is 1.71 bits per heavy atom. The molecule has 12 heteroatoms. The SMILES string of the molecule is CC(=O)O.CCCS(=O)(=O)Oc1ccc(C2(c3cccc(-c4cc(Cl)cc(Cl)c4)c3)N=C(N)N3CCCN=C32)cc1. The summed E-state index contributed by atoms with van der Waals surface area (Å²) in [6.45, 7) is 4.25. The van der Waals surface area contributed by atoms with E-state index in [1.807, 2.05) is 53.4 Å². The first-order valence-electron chi connectivity index (χ1n) is 12.9. The molecule has 2 aliphatic rings. The highest BCUT2D eigenvalue weighted by molar-refractivity contribution is 7.87. The molecule has 0 spiro atoms. The van der Waals surface area contributed by atoms with Crippen LogP contribution in [0.2, 0.25) is 10.0 Å². The Morgan fingerprint density at radius 1 is 1.05 bits per heavy atom. The van der Waals surface area contributed by atoms with Gasteiger partial charge in [-0.05, 0) is 71.5 Å². The number of hydrogen-bond acceptors (Lipinski definition) is 8. The maximum Gasteiger partial charge on any atom is 0.309 e. The van der Waals surface area contributed by atoms with Crippen LogP contribution in [0.3, 0.4) is 0 Å². The molecule has 3 aromatic carbocycles. The third-order valence-corrected chi connectivity index (χ3v) is 8.16. The number of nitrogens with zero attached hydrogens (tertiary/aromatic N) is 3. The molecule has 1 atom stereocenters. The van der Waals surface area contributed by atoms with Crippen LogP contribution in [0.1, 0.15) is 37.8 Å². The lowest BCUT2D eigenvalue weighted by Crippen LogP contribution is -2.46. The lowest BCUT2D eigenvalue weighted by molar-refractivity contribution is -0.134. The normalized spacial score (nSPS) is 18.0. The van der Waals surface area contributed by atoms with Crippen molar-refractivity contribution in [1.29, 1.82) is 0 Å². The van der Waals surface area contributed by atoms with E-state index in [1.165, 1.54) is 0 Å². The van der Waals surface area contributed by atoms with Crippen LogP contribution in [0.25, 0.3) is 11.1 Å². The summed E-state index contributed by atoms with van der Waals surface area (Å²) in [5, 5.41) is 8.50. The number of amidine groups is 1. The predicted octanol–water partition coefficient (Wildman–Crippen LogP) is 5.55. The summed E-state index contributed by atoms with van der Waals surface area (Å²) in [5.74, 6) is 0.489. The van der Waals surface area contributed by atoms with Crippen LogP contribution >= 0.6 is 23.2 Å². The molecule has 0 saturated carbocycles. The Balaban J connectivity index is 0.000000909. The number of carbonyl (C=O) groups is 1.